The molecule has 1 N–H and O–H groups in total. The molecule has 1 saturated carbocycles. The van der Waals surface area contributed by atoms with Crippen LogP contribution in [-0.4, -0.2) is 13.7 Å². The quantitative estimate of drug-likeness (QED) is 0.500. The number of aryl methyl sites for hydroxylation is 3. The lowest BCUT2D eigenvalue weighted by atomic mass is 10.1. The highest BCUT2D eigenvalue weighted by Crippen LogP contribution is 2.34. The minimum absolute atomic E-state index is 0.136. The third kappa shape index (κ3) is 3.37. The molecule has 0 spiro atoms. The van der Waals surface area contributed by atoms with Crippen LogP contribution in [0.15, 0.2) is 56.8 Å². The Kier molecular flexibility index (Phi) is 5.04. The maximum Gasteiger partial charge on any atom is 0.336 e. The number of hydrogen-bond donors (Lipinski definition) is 1. The largest absolute Gasteiger partial charge is 0.338 e. The van der Waals surface area contributed by atoms with Gasteiger partial charge in [0.1, 0.15) is 17.0 Å². The van der Waals surface area contributed by atoms with Gasteiger partial charge in [0.2, 0.25) is 0 Å². The van der Waals surface area contributed by atoms with Gasteiger partial charge in [0.15, 0.2) is 0 Å². The number of halogens is 1. The monoisotopic (exact) mass is 460 g/mol. The molecule has 2 aromatic heterocycles. The molecule has 2 heterocycles. The van der Waals surface area contributed by atoms with Crippen molar-refractivity contribution in [3.05, 3.63) is 96.2 Å². The Balaban J connectivity index is 1.95. The molecule has 0 atom stereocenters. The lowest BCUT2D eigenvalue weighted by Crippen LogP contribution is -2.41. The molecule has 7 nitrogen and oxygen atoms in total. The van der Waals surface area contributed by atoms with Gasteiger partial charge < -0.3 is 5.32 Å². The standard InChI is InChI=1S/C26H25FN4O3/c1-14-6-5-7-18(12-14)30-22-16(3)24(32)29(4)23(28-20-11-8-15(2)13-19(20)27)21(22)25(33)31(26(30)34)17-9-10-17/h5-8,11-13,17,28H,9-10H2,1-4H3. The predicted molar refractivity (Wildman–Crippen MR) is 131 cm³/mol. The van der Waals surface area contributed by atoms with Crippen molar-refractivity contribution in [1.29, 1.82) is 0 Å². The van der Waals surface area contributed by atoms with Crippen LogP contribution in [0.4, 0.5) is 15.9 Å². The topological polar surface area (TPSA) is 78.0 Å². The van der Waals surface area contributed by atoms with Gasteiger partial charge in [-0.1, -0.05) is 18.2 Å². The molecule has 0 radical (unpaired) electrons. The molecule has 0 saturated heterocycles. The lowest BCUT2D eigenvalue weighted by molar-refractivity contribution is 0.630. The number of rotatable bonds is 4. The van der Waals surface area contributed by atoms with Gasteiger partial charge in [-0.3, -0.25) is 23.3 Å². The van der Waals surface area contributed by atoms with Gasteiger partial charge in [0, 0.05) is 18.7 Å². The van der Waals surface area contributed by atoms with Crippen LogP contribution in [0.2, 0.25) is 0 Å². The normalized spacial score (nSPS) is 13.4. The van der Waals surface area contributed by atoms with Crippen LogP contribution >= 0.6 is 0 Å². The second-order valence-electron chi connectivity index (χ2n) is 9.03. The van der Waals surface area contributed by atoms with E-state index in [1.165, 1.54) is 26.8 Å². The second kappa shape index (κ2) is 7.83. The average molecular weight is 461 g/mol. The number of nitrogens with zero attached hydrogens (tertiary/aromatic N) is 3. The Morgan fingerprint density at radius 1 is 0.941 bits per heavy atom. The Bertz CT molecular complexity index is 1660. The lowest BCUT2D eigenvalue weighted by Gasteiger charge is -2.20. The first kappa shape index (κ1) is 21.9. The van der Waals surface area contributed by atoms with E-state index in [0.29, 0.717) is 5.69 Å². The van der Waals surface area contributed by atoms with Gasteiger partial charge in [-0.15, -0.1) is 0 Å². The van der Waals surface area contributed by atoms with Gasteiger partial charge in [-0.2, -0.15) is 0 Å². The van der Waals surface area contributed by atoms with E-state index in [1.807, 2.05) is 25.1 Å². The number of nitrogens with one attached hydrogen (secondary N) is 1. The molecule has 5 rings (SSSR count). The van der Waals surface area contributed by atoms with Crippen LogP contribution in [0.1, 0.15) is 35.6 Å². The van der Waals surface area contributed by atoms with Crippen LogP contribution < -0.4 is 22.1 Å². The predicted octanol–water partition coefficient (Wildman–Crippen LogP) is 3.99. The van der Waals surface area contributed by atoms with Crippen LogP contribution in [0.25, 0.3) is 16.6 Å². The van der Waals surface area contributed by atoms with Gasteiger partial charge in [-0.25, -0.2) is 9.18 Å². The smallest absolute Gasteiger partial charge is 0.336 e. The molecule has 0 aliphatic heterocycles. The molecule has 0 amide bonds. The average Bonchev–Trinajstić information content (AvgIpc) is 3.62. The molecule has 1 fully saturated rings. The maximum absolute atomic E-state index is 14.7. The van der Waals surface area contributed by atoms with Crippen LogP contribution in [-0.2, 0) is 7.05 Å². The molecule has 1 aliphatic carbocycles. The van der Waals surface area contributed by atoms with Crippen molar-refractivity contribution in [2.75, 3.05) is 5.32 Å². The van der Waals surface area contributed by atoms with Gasteiger partial charge in [0.05, 0.1) is 16.9 Å². The summed E-state index contributed by atoms with van der Waals surface area (Å²) in [7, 11) is 1.53. The van der Waals surface area contributed by atoms with E-state index in [-0.39, 0.29) is 39.6 Å². The number of pyridine rings is 1. The van der Waals surface area contributed by atoms with Crippen molar-refractivity contribution in [1.82, 2.24) is 13.7 Å². The zero-order valence-electron chi connectivity index (χ0n) is 19.5. The van der Waals surface area contributed by atoms with Crippen LogP contribution in [0.5, 0.6) is 0 Å². The molecule has 4 aromatic rings. The Morgan fingerprint density at radius 2 is 1.65 bits per heavy atom. The molecular weight excluding hydrogens is 435 g/mol. The van der Waals surface area contributed by atoms with Gasteiger partial charge in [-0.05, 0) is 69.0 Å². The fraction of sp³-hybridized carbons (Fsp3) is 0.269. The maximum atomic E-state index is 14.7. The summed E-state index contributed by atoms with van der Waals surface area (Å²) in [5.41, 5.74) is 1.53. The zero-order valence-corrected chi connectivity index (χ0v) is 19.5. The summed E-state index contributed by atoms with van der Waals surface area (Å²) in [5.74, 6) is -0.357. The van der Waals surface area contributed by atoms with Crippen molar-refractivity contribution in [2.45, 2.75) is 39.7 Å². The summed E-state index contributed by atoms with van der Waals surface area (Å²) < 4.78 is 18.7. The number of benzene rings is 2. The van der Waals surface area contributed by atoms with E-state index < -0.39 is 17.1 Å². The van der Waals surface area contributed by atoms with Gasteiger partial charge in [0.25, 0.3) is 11.1 Å². The molecular formula is C26H25FN4O3. The fourth-order valence-electron chi connectivity index (χ4n) is 4.47. The minimum Gasteiger partial charge on any atom is -0.338 e. The summed E-state index contributed by atoms with van der Waals surface area (Å²) in [5, 5.41) is 3.15. The zero-order chi connectivity index (χ0) is 24.3. The summed E-state index contributed by atoms with van der Waals surface area (Å²) in [6.07, 6.45) is 1.46. The number of anilines is 2. The molecule has 8 heteroatoms. The Hall–Kier alpha value is -3.94. The van der Waals surface area contributed by atoms with Crippen LogP contribution in [0, 0.1) is 26.6 Å². The third-order valence-electron chi connectivity index (χ3n) is 6.39. The van der Waals surface area contributed by atoms with E-state index in [0.717, 1.165) is 24.0 Å². The second-order valence-corrected chi connectivity index (χ2v) is 9.03. The Morgan fingerprint density at radius 3 is 2.29 bits per heavy atom. The van der Waals surface area contributed by atoms with E-state index >= 15 is 0 Å². The summed E-state index contributed by atoms with van der Waals surface area (Å²) in [4.78, 5) is 40.6. The first-order valence-electron chi connectivity index (χ1n) is 11.2. The molecule has 2 aromatic carbocycles. The number of hydrogen-bond acceptors (Lipinski definition) is 4. The van der Waals surface area contributed by atoms with Gasteiger partial charge >= 0.3 is 5.69 Å². The number of aromatic nitrogens is 3. The van der Waals surface area contributed by atoms with E-state index in [1.54, 1.807) is 32.0 Å². The SMILES string of the molecule is Cc1cccc(-n2c(=O)n(C3CC3)c(=O)c3c(Nc4ccc(C)cc4F)n(C)c(=O)c(C)c32)c1. The van der Waals surface area contributed by atoms with Crippen molar-refractivity contribution < 1.29 is 4.39 Å². The van der Waals surface area contributed by atoms with Crippen molar-refractivity contribution in [3.63, 3.8) is 0 Å². The molecule has 34 heavy (non-hydrogen) atoms. The molecule has 1 aliphatic rings. The van der Waals surface area contributed by atoms with E-state index in [4.69, 9.17) is 0 Å². The van der Waals surface area contributed by atoms with Crippen molar-refractivity contribution >= 4 is 22.4 Å². The molecule has 0 unspecified atom stereocenters. The minimum atomic E-state index is -0.504. The summed E-state index contributed by atoms with van der Waals surface area (Å²) >= 11 is 0. The summed E-state index contributed by atoms with van der Waals surface area (Å²) in [6.45, 7) is 5.29. The fourth-order valence-corrected chi connectivity index (χ4v) is 4.47. The van der Waals surface area contributed by atoms with E-state index in [2.05, 4.69) is 5.32 Å². The van der Waals surface area contributed by atoms with Crippen molar-refractivity contribution in [3.8, 4) is 5.69 Å². The highest BCUT2D eigenvalue weighted by molar-refractivity contribution is 5.93. The number of fused-ring (bicyclic) bond motifs is 1. The van der Waals surface area contributed by atoms with Crippen LogP contribution in [0.3, 0.4) is 0 Å². The highest BCUT2D eigenvalue weighted by Gasteiger charge is 2.31. The molecule has 174 valence electrons. The molecule has 0 bridgehead atoms. The summed E-state index contributed by atoms with van der Waals surface area (Å²) in [6, 6.07) is 11.8. The first-order valence-corrected chi connectivity index (χ1v) is 11.2. The highest BCUT2D eigenvalue weighted by atomic mass is 19.1. The van der Waals surface area contributed by atoms with Crippen molar-refractivity contribution in [2.24, 2.45) is 7.05 Å². The Labute approximate surface area is 194 Å². The van der Waals surface area contributed by atoms with E-state index in [9.17, 15) is 18.8 Å². The third-order valence-corrected chi connectivity index (χ3v) is 6.39. The first-order chi connectivity index (χ1) is 16.2.